The summed E-state index contributed by atoms with van der Waals surface area (Å²) in [5, 5.41) is 8.33. The summed E-state index contributed by atoms with van der Waals surface area (Å²) in [6.07, 6.45) is 1.41. The van der Waals surface area contributed by atoms with Gasteiger partial charge >= 0.3 is 12.6 Å². The van der Waals surface area contributed by atoms with Crippen LogP contribution in [0.4, 0.5) is 17.6 Å². The van der Waals surface area contributed by atoms with Crippen molar-refractivity contribution in [2.24, 2.45) is 0 Å². The molecule has 0 radical (unpaired) electrons. The van der Waals surface area contributed by atoms with Crippen LogP contribution in [0.2, 0.25) is 0 Å². The molecular formula is C10H6F4O3. The molecule has 3 nitrogen and oxygen atoms in total. The van der Waals surface area contributed by atoms with E-state index in [4.69, 9.17) is 5.11 Å². The number of alkyl halides is 2. The Balaban J connectivity index is 3.15. The Morgan fingerprint density at radius 2 is 1.88 bits per heavy atom. The van der Waals surface area contributed by atoms with Gasteiger partial charge in [-0.1, -0.05) is 0 Å². The number of aliphatic carboxylic acids is 1. The van der Waals surface area contributed by atoms with E-state index in [1.54, 1.807) is 0 Å². The maximum atomic E-state index is 12.8. The van der Waals surface area contributed by atoms with Crippen LogP contribution in [0.5, 0.6) is 5.75 Å². The number of rotatable bonds is 4. The van der Waals surface area contributed by atoms with Gasteiger partial charge in [0, 0.05) is 17.7 Å². The molecule has 0 heterocycles. The van der Waals surface area contributed by atoms with Crippen LogP contribution in [-0.2, 0) is 4.79 Å². The molecule has 1 rings (SSSR count). The Bertz CT molecular complexity index is 457. The number of hydrogen-bond donors (Lipinski definition) is 1. The van der Waals surface area contributed by atoms with Gasteiger partial charge in [0.1, 0.15) is 5.75 Å². The molecule has 0 spiro atoms. The molecule has 0 aliphatic heterocycles. The first kappa shape index (κ1) is 13.0. The van der Waals surface area contributed by atoms with Crippen molar-refractivity contribution in [1.82, 2.24) is 0 Å². The first-order valence-corrected chi connectivity index (χ1v) is 4.25. The maximum Gasteiger partial charge on any atom is 0.387 e. The van der Waals surface area contributed by atoms with Crippen molar-refractivity contribution in [3.05, 3.63) is 35.4 Å². The number of carbonyl (C=O) groups is 1. The molecule has 0 amide bonds. The topological polar surface area (TPSA) is 46.5 Å². The highest BCUT2D eigenvalue weighted by atomic mass is 19.3. The molecule has 0 atom stereocenters. The minimum Gasteiger partial charge on any atom is -0.478 e. The fraction of sp³-hybridized carbons (Fsp3) is 0.100. The zero-order valence-electron chi connectivity index (χ0n) is 8.16. The second-order valence-corrected chi connectivity index (χ2v) is 2.85. The van der Waals surface area contributed by atoms with Gasteiger partial charge in [-0.05, 0) is 12.1 Å². The van der Waals surface area contributed by atoms with E-state index in [9.17, 15) is 22.4 Å². The number of benzene rings is 1. The van der Waals surface area contributed by atoms with Crippen LogP contribution in [0.3, 0.4) is 0 Å². The van der Waals surface area contributed by atoms with Crippen LogP contribution in [0.1, 0.15) is 5.56 Å². The first-order chi connectivity index (χ1) is 7.90. The van der Waals surface area contributed by atoms with Crippen LogP contribution in [0.15, 0.2) is 18.2 Å². The van der Waals surface area contributed by atoms with Gasteiger partial charge in [0.2, 0.25) is 0 Å². The van der Waals surface area contributed by atoms with E-state index < -0.39 is 30.0 Å². The molecule has 1 aromatic carbocycles. The van der Waals surface area contributed by atoms with Crippen molar-refractivity contribution in [3.8, 4) is 5.75 Å². The third-order valence-corrected chi connectivity index (χ3v) is 1.67. The zero-order valence-corrected chi connectivity index (χ0v) is 8.16. The predicted octanol–water partition coefficient (Wildman–Crippen LogP) is 2.66. The average Bonchev–Trinajstić information content (AvgIpc) is 2.20. The second kappa shape index (κ2) is 5.33. The summed E-state index contributed by atoms with van der Waals surface area (Å²) >= 11 is 0. The third kappa shape index (κ3) is 3.78. The SMILES string of the molecule is O=C(O)/C=C/c1cc(F)c(F)cc1OC(F)F. The highest BCUT2D eigenvalue weighted by Gasteiger charge is 2.13. The van der Waals surface area contributed by atoms with Gasteiger partial charge in [-0.15, -0.1) is 0 Å². The molecule has 0 bridgehead atoms. The molecule has 0 aromatic heterocycles. The molecule has 0 fully saturated rings. The summed E-state index contributed by atoms with van der Waals surface area (Å²) < 4.78 is 53.4. The van der Waals surface area contributed by atoms with Crippen molar-refractivity contribution in [1.29, 1.82) is 0 Å². The van der Waals surface area contributed by atoms with Gasteiger partial charge in [-0.2, -0.15) is 8.78 Å². The summed E-state index contributed by atoms with van der Waals surface area (Å²) in [7, 11) is 0. The highest BCUT2D eigenvalue weighted by Crippen LogP contribution is 2.25. The van der Waals surface area contributed by atoms with Crippen LogP contribution in [0, 0.1) is 11.6 Å². The number of hydrogen-bond acceptors (Lipinski definition) is 2. The van der Waals surface area contributed by atoms with E-state index in [1.807, 2.05) is 0 Å². The first-order valence-electron chi connectivity index (χ1n) is 4.25. The molecule has 92 valence electrons. The summed E-state index contributed by atoms with van der Waals surface area (Å²) in [6.45, 7) is -3.23. The Labute approximate surface area is 92.9 Å². The summed E-state index contributed by atoms with van der Waals surface area (Å²) in [5.74, 6) is -4.67. The Kier molecular flexibility index (Phi) is 4.08. The average molecular weight is 250 g/mol. The van der Waals surface area contributed by atoms with Crippen LogP contribution in [0.25, 0.3) is 6.08 Å². The van der Waals surface area contributed by atoms with Crippen LogP contribution < -0.4 is 4.74 Å². The Morgan fingerprint density at radius 1 is 1.29 bits per heavy atom. The standard InChI is InChI=1S/C10H6F4O3/c11-6-3-5(1-2-9(15)16)8(4-7(6)12)17-10(13)14/h1-4,10H,(H,15,16)/b2-1+. The lowest BCUT2D eigenvalue weighted by Gasteiger charge is -2.08. The van der Waals surface area contributed by atoms with Gasteiger partial charge < -0.3 is 9.84 Å². The molecule has 1 N–H and O–H groups in total. The van der Waals surface area contributed by atoms with Crippen molar-refractivity contribution >= 4 is 12.0 Å². The lowest BCUT2D eigenvalue weighted by Crippen LogP contribution is -2.04. The zero-order chi connectivity index (χ0) is 13.0. The van der Waals surface area contributed by atoms with Crippen molar-refractivity contribution in [2.45, 2.75) is 6.61 Å². The van der Waals surface area contributed by atoms with Crippen LogP contribution in [-0.4, -0.2) is 17.7 Å². The van der Waals surface area contributed by atoms with E-state index >= 15 is 0 Å². The smallest absolute Gasteiger partial charge is 0.387 e. The number of carboxylic acid groups (broad SMARTS) is 1. The fourth-order valence-electron chi connectivity index (χ4n) is 1.03. The van der Waals surface area contributed by atoms with Crippen molar-refractivity contribution in [2.75, 3.05) is 0 Å². The van der Waals surface area contributed by atoms with Crippen molar-refractivity contribution < 1.29 is 32.2 Å². The number of halogens is 4. The Morgan fingerprint density at radius 3 is 2.41 bits per heavy atom. The fourth-order valence-corrected chi connectivity index (χ4v) is 1.03. The normalized spacial score (nSPS) is 11.1. The molecule has 0 unspecified atom stereocenters. The molecule has 0 saturated carbocycles. The second-order valence-electron chi connectivity index (χ2n) is 2.85. The number of carboxylic acids is 1. The molecule has 0 aliphatic rings. The highest BCUT2D eigenvalue weighted by molar-refractivity contribution is 5.85. The quantitative estimate of drug-likeness (QED) is 0.660. The molecule has 1 aromatic rings. The molecule has 0 aliphatic carbocycles. The monoisotopic (exact) mass is 250 g/mol. The summed E-state index contributed by atoms with van der Waals surface area (Å²) in [6, 6.07) is 0.982. The van der Waals surface area contributed by atoms with Crippen molar-refractivity contribution in [3.63, 3.8) is 0 Å². The molecule has 7 heteroatoms. The van der Waals surface area contributed by atoms with E-state index in [-0.39, 0.29) is 5.56 Å². The largest absolute Gasteiger partial charge is 0.478 e. The predicted molar refractivity (Wildman–Crippen MR) is 49.7 cm³/mol. The van der Waals surface area contributed by atoms with Gasteiger partial charge in [-0.25, -0.2) is 13.6 Å². The molecule has 0 saturated heterocycles. The minimum absolute atomic E-state index is 0.299. The number of ether oxygens (including phenoxy) is 1. The van der Waals surface area contributed by atoms with E-state index in [1.165, 1.54) is 0 Å². The van der Waals surface area contributed by atoms with E-state index in [0.29, 0.717) is 18.2 Å². The molecule has 17 heavy (non-hydrogen) atoms. The van der Waals surface area contributed by atoms with Crippen LogP contribution >= 0.6 is 0 Å². The summed E-state index contributed by atoms with van der Waals surface area (Å²) in [4.78, 5) is 10.2. The van der Waals surface area contributed by atoms with Gasteiger partial charge in [0.15, 0.2) is 11.6 Å². The van der Waals surface area contributed by atoms with E-state index in [0.717, 1.165) is 6.08 Å². The van der Waals surface area contributed by atoms with Gasteiger partial charge in [-0.3, -0.25) is 0 Å². The lowest BCUT2D eigenvalue weighted by atomic mass is 10.1. The van der Waals surface area contributed by atoms with Gasteiger partial charge in [0.25, 0.3) is 0 Å². The maximum absolute atomic E-state index is 12.8. The lowest BCUT2D eigenvalue weighted by molar-refractivity contribution is -0.131. The molecular weight excluding hydrogens is 244 g/mol. The third-order valence-electron chi connectivity index (χ3n) is 1.67. The van der Waals surface area contributed by atoms with E-state index in [2.05, 4.69) is 4.74 Å². The summed E-state index contributed by atoms with van der Waals surface area (Å²) in [5.41, 5.74) is -0.299. The Hall–Kier alpha value is -2.05. The minimum atomic E-state index is -3.23. The van der Waals surface area contributed by atoms with Gasteiger partial charge in [0.05, 0.1) is 0 Å².